The van der Waals surface area contributed by atoms with Gasteiger partial charge in [0.15, 0.2) is 5.78 Å². The van der Waals surface area contributed by atoms with Gasteiger partial charge in [-0.25, -0.2) is 9.59 Å². The van der Waals surface area contributed by atoms with E-state index in [0.717, 1.165) is 64.2 Å². The van der Waals surface area contributed by atoms with Gasteiger partial charge < -0.3 is 24.4 Å². The topological polar surface area (TPSA) is 132 Å². The molecule has 0 saturated heterocycles. The third-order valence-electron chi connectivity index (χ3n) is 8.64. The van der Waals surface area contributed by atoms with E-state index in [1.807, 2.05) is 67.4 Å². The Labute approximate surface area is 293 Å². The summed E-state index contributed by atoms with van der Waals surface area (Å²) < 4.78 is 14.7. The molecular formula is C38H48N6O6. The van der Waals surface area contributed by atoms with Gasteiger partial charge in [-0.3, -0.25) is 14.2 Å². The average molecular weight is 685 g/mol. The lowest BCUT2D eigenvalue weighted by Gasteiger charge is -2.19. The fourth-order valence-electron chi connectivity index (χ4n) is 6.41. The van der Waals surface area contributed by atoms with Crippen molar-refractivity contribution < 1.29 is 29.0 Å². The second kappa shape index (κ2) is 16.2. The highest BCUT2D eigenvalue weighted by Crippen LogP contribution is 2.20. The molecule has 0 radical (unpaired) electrons. The third kappa shape index (κ3) is 9.59. The molecule has 1 atom stereocenters. The molecule has 4 aromatic rings. The SMILES string of the molecule is CC(=O)c1cc2n(n1)CCCN(C(=O)OCc1cc(C)cc(C)c1)C2.Cc1cc(C)cc(COC(=O)N2CCCn3nc(C(C)O)cc3C2)c1. The molecule has 2 aromatic carbocycles. The minimum Gasteiger partial charge on any atom is -0.445 e. The molecule has 266 valence electrons. The third-order valence-corrected chi connectivity index (χ3v) is 8.64. The minimum atomic E-state index is -0.607. The number of hydrogen-bond acceptors (Lipinski definition) is 8. The maximum absolute atomic E-state index is 12.5. The van der Waals surface area contributed by atoms with Crippen molar-refractivity contribution in [2.24, 2.45) is 0 Å². The van der Waals surface area contributed by atoms with Crippen molar-refractivity contribution >= 4 is 18.0 Å². The number of aromatic nitrogens is 4. The molecule has 6 rings (SSSR count). The number of ether oxygens (including phenoxy) is 2. The van der Waals surface area contributed by atoms with Crippen molar-refractivity contribution in [3.63, 3.8) is 0 Å². The smallest absolute Gasteiger partial charge is 0.410 e. The number of aliphatic hydroxyl groups is 1. The molecule has 0 spiro atoms. The fourth-order valence-corrected chi connectivity index (χ4v) is 6.41. The van der Waals surface area contributed by atoms with Gasteiger partial charge in [-0.1, -0.05) is 58.7 Å². The molecule has 1 N–H and O–H groups in total. The van der Waals surface area contributed by atoms with Crippen LogP contribution in [0.5, 0.6) is 0 Å². The van der Waals surface area contributed by atoms with Crippen LogP contribution in [0.15, 0.2) is 48.5 Å². The van der Waals surface area contributed by atoms with Crippen LogP contribution in [0.4, 0.5) is 9.59 Å². The molecule has 12 heteroatoms. The summed E-state index contributed by atoms with van der Waals surface area (Å²) in [7, 11) is 0. The Kier molecular flexibility index (Phi) is 11.7. The molecule has 2 aliphatic rings. The molecular weight excluding hydrogens is 636 g/mol. The van der Waals surface area contributed by atoms with Gasteiger partial charge in [-0.05, 0) is 70.7 Å². The van der Waals surface area contributed by atoms with Crippen molar-refractivity contribution in [3.8, 4) is 0 Å². The number of benzene rings is 2. The fraction of sp³-hybridized carbons (Fsp3) is 0.447. The van der Waals surface area contributed by atoms with Crippen molar-refractivity contribution in [2.45, 2.75) is 99.9 Å². The van der Waals surface area contributed by atoms with Crippen LogP contribution in [0.3, 0.4) is 0 Å². The first-order valence-corrected chi connectivity index (χ1v) is 17.1. The Hall–Kier alpha value is -4.97. The van der Waals surface area contributed by atoms with Crippen LogP contribution in [-0.4, -0.2) is 65.5 Å². The van der Waals surface area contributed by atoms with Crippen LogP contribution >= 0.6 is 0 Å². The Morgan fingerprint density at radius 2 is 1.12 bits per heavy atom. The van der Waals surface area contributed by atoms with Gasteiger partial charge in [0.1, 0.15) is 18.9 Å². The number of carbonyl (C=O) groups excluding carboxylic acids is 3. The van der Waals surface area contributed by atoms with Crippen LogP contribution in [0, 0.1) is 27.7 Å². The van der Waals surface area contributed by atoms with Crippen LogP contribution in [0.2, 0.25) is 0 Å². The Bertz CT molecular complexity index is 1800. The zero-order valence-electron chi connectivity index (χ0n) is 29.9. The van der Waals surface area contributed by atoms with E-state index in [4.69, 9.17) is 9.47 Å². The molecule has 12 nitrogen and oxygen atoms in total. The minimum absolute atomic E-state index is 0.0653. The van der Waals surface area contributed by atoms with Gasteiger partial charge in [0.25, 0.3) is 0 Å². The zero-order chi connectivity index (χ0) is 35.9. The number of fused-ring (bicyclic) bond motifs is 2. The summed E-state index contributed by atoms with van der Waals surface area (Å²) >= 11 is 0. The predicted octanol–water partition coefficient (Wildman–Crippen LogP) is 6.34. The standard InChI is InChI=1S/C19H25N3O3.C19H23N3O3/c2*1-13-7-14(2)9-16(8-13)12-25-19(24)21-5-4-6-22-17(11-21)10-18(20-22)15(3)23/h7-10,15,23H,4-6,11-12H2,1-3H3;7-10H,4-6,11-12H2,1-3H3. The molecule has 2 aliphatic heterocycles. The predicted molar refractivity (Wildman–Crippen MR) is 187 cm³/mol. The molecule has 0 fully saturated rings. The average Bonchev–Trinajstić information content (AvgIpc) is 3.52. The number of aryl methyl sites for hydroxylation is 6. The molecule has 50 heavy (non-hydrogen) atoms. The van der Waals surface area contributed by atoms with Gasteiger partial charge in [0.2, 0.25) is 0 Å². The number of amides is 2. The Balaban J connectivity index is 0.000000194. The van der Waals surface area contributed by atoms with E-state index in [1.165, 1.54) is 6.92 Å². The van der Waals surface area contributed by atoms with Crippen molar-refractivity contribution in [2.75, 3.05) is 13.1 Å². The number of ketones is 1. The number of hydrogen-bond donors (Lipinski definition) is 1. The normalized spacial score (nSPS) is 14.7. The Morgan fingerprint density at radius 1 is 0.680 bits per heavy atom. The van der Waals surface area contributed by atoms with E-state index >= 15 is 0 Å². The van der Waals surface area contributed by atoms with Crippen molar-refractivity contribution in [1.82, 2.24) is 29.4 Å². The number of Topliss-reactive ketones (excluding diaryl/α,β-unsaturated/α-hetero) is 1. The monoisotopic (exact) mass is 684 g/mol. The first-order valence-electron chi connectivity index (χ1n) is 17.1. The number of aliphatic hydroxyl groups excluding tert-OH is 1. The highest BCUT2D eigenvalue weighted by molar-refractivity contribution is 5.92. The van der Waals surface area contributed by atoms with E-state index in [0.29, 0.717) is 44.1 Å². The lowest BCUT2D eigenvalue weighted by Crippen LogP contribution is -2.31. The second-order valence-electron chi connectivity index (χ2n) is 13.4. The summed E-state index contributed by atoms with van der Waals surface area (Å²) in [6.07, 6.45) is 0.340. The lowest BCUT2D eigenvalue weighted by atomic mass is 10.1. The number of rotatable bonds is 6. The quantitative estimate of drug-likeness (QED) is 0.233. The van der Waals surface area contributed by atoms with Crippen molar-refractivity contribution in [3.05, 3.63) is 105 Å². The zero-order valence-corrected chi connectivity index (χ0v) is 29.9. The lowest BCUT2D eigenvalue weighted by molar-refractivity contribution is 0.0935. The first-order chi connectivity index (χ1) is 23.8. The molecule has 2 aromatic heterocycles. The number of nitrogens with zero attached hydrogens (tertiary/aromatic N) is 6. The van der Waals surface area contributed by atoms with Gasteiger partial charge in [0.05, 0.1) is 36.3 Å². The van der Waals surface area contributed by atoms with E-state index in [2.05, 4.69) is 22.3 Å². The molecule has 0 saturated carbocycles. The summed E-state index contributed by atoms with van der Waals surface area (Å²) in [4.78, 5) is 39.8. The summed E-state index contributed by atoms with van der Waals surface area (Å²) in [5.41, 5.74) is 9.50. The maximum Gasteiger partial charge on any atom is 0.410 e. The van der Waals surface area contributed by atoms with Gasteiger partial charge in [-0.15, -0.1) is 0 Å². The molecule has 2 amide bonds. The van der Waals surface area contributed by atoms with E-state index in [9.17, 15) is 19.5 Å². The van der Waals surface area contributed by atoms with Crippen LogP contribution in [-0.2, 0) is 48.9 Å². The van der Waals surface area contributed by atoms with Crippen LogP contribution < -0.4 is 0 Å². The van der Waals surface area contributed by atoms with Crippen LogP contribution in [0.1, 0.15) is 93.7 Å². The molecule has 0 aliphatic carbocycles. The van der Waals surface area contributed by atoms with Gasteiger partial charge in [0, 0.05) is 33.1 Å². The Morgan fingerprint density at radius 3 is 1.56 bits per heavy atom. The largest absolute Gasteiger partial charge is 0.445 e. The first kappa shape index (κ1) is 36.3. The summed E-state index contributed by atoms with van der Waals surface area (Å²) in [5, 5.41) is 18.4. The molecule has 0 bridgehead atoms. The maximum atomic E-state index is 12.5. The second-order valence-corrected chi connectivity index (χ2v) is 13.4. The van der Waals surface area contributed by atoms with Crippen LogP contribution in [0.25, 0.3) is 0 Å². The van der Waals surface area contributed by atoms with E-state index in [-0.39, 0.29) is 31.2 Å². The summed E-state index contributed by atoms with van der Waals surface area (Å²) in [6.45, 7) is 15.4. The molecule has 1 unspecified atom stereocenters. The molecule has 4 heterocycles. The number of carbonyl (C=O) groups is 3. The van der Waals surface area contributed by atoms with Crippen molar-refractivity contribution in [1.29, 1.82) is 0 Å². The van der Waals surface area contributed by atoms with E-state index < -0.39 is 6.10 Å². The van der Waals surface area contributed by atoms with Gasteiger partial charge in [-0.2, -0.15) is 10.2 Å². The van der Waals surface area contributed by atoms with Gasteiger partial charge >= 0.3 is 12.2 Å². The summed E-state index contributed by atoms with van der Waals surface area (Å²) in [6, 6.07) is 15.9. The summed E-state index contributed by atoms with van der Waals surface area (Å²) in [5.74, 6) is -0.0653. The highest BCUT2D eigenvalue weighted by Gasteiger charge is 2.24. The van der Waals surface area contributed by atoms with E-state index in [1.54, 1.807) is 22.8 Å². The highest BCUT2D eigenvalue weighted by atomic mass is 16.6.